The van der Waals surface area contributed by atoms with Crippen molar-refractivity contribution in [2.45, 2.75) is 39.3 Å². The van der Waals surface area contributed by atoms with Gasteiger partial charge in [0.25, 0.3) is 0 Å². The molecular formula is C20H35IN4O. The van der Waals surface area contributed by atoms with Crippen molar-refractivity contribution in [3.8, 4) is 0 Å². The van der Waals surface area contributed by atoms with Gasteiger partial charge in [-0.1, -0.05) is 24.3 Å². The van der Waals surface area contributed by atoms with E-state index < -0.39 is 0 Å². The molecular weight excluding hydrogens is 439 g/mol. The van der Waals surface area contributed by atoms with E-state index in [2.05, 4.69) is 60.8 Å². The van der Waals surface area contributed by atoms with Crippen LogP contribution < -0.4 is 10.6 Å². The highest BCUT2D eigenvalue weighted by molar-refractivity contribution is 14.0. The number of nitrogens with zero attached hydrogens (tertiary/aromatic N) is 2. The zero-order valence-corrected chi connectivity index (χ0v) is 18.8. The standard InChI is InChI=1S/C20H34N4O.HI/c1-4-21-20(22-12-7-13-25-16-17-10-11-17)23-14-18-8-5-6-9-19(18)15-24(2)3;/h5-6,8-9,17H,4,7,10-16H2,1-3H3,(H2,21,22,23);1H. The summed E-state index contributed by atoms with van der Waals surface area (Å²) in [5, 5.41) is 6.72. The van der Waals surface area contributed by atoms with Gasteiger partial charge in [-0.15, -0.1) is 24.0 Å². The van der Waals surface area contributed by atoms with Gasteiger partial charge < -0.3 is 20.3 Å². The molecule has 0 heterocycles. The van der Waals surface area contributed by atoms with Crippen LogP contribution in [0.5, 0.6) is 0 Å². The first kappa shape index (κ1) is 23.2. The summed E-state index contributed by atoms with van der Waals surface area (Å²) in [4.78, 5) is 6.93. The Hall–Kier alpha value is -0.860. The maximum absolute atomic E-state index is 5.68. The first-order chi connectivity index (χ1) is 12.2. The molecule has 0 radical (unpaired) electrons. The summed E-state index contributed by atoms with van der Waals surface area (Å²) in [6.45, 7) is 7.24. The highest BCUT2D eigenvalue weighted by Crippen LogP contribution is 2.28. The number of nitrogens with one attached hydrogen (secondary N) is 2. The van der Waals surface area contributed by atoms with Crippen LogP contribution in [0, 0.1) is 5.92 Å². The summed E-state index contributed by atoms with van der Waals surface area (Å²) in [6.07, 6.45) is 3.71. The second-order valence-electron chi connectivity index (χ2n) is 7.00. The third kappa shape index (κ3) is 9.73. The van der Waals surface area contributed by atoms with E-state index in [0.29, 0.717) is 6.54 Å². The Labute approximate surface area is 176 Å². The molecule has 1 aliphatic carbocycles. The molecule has 148 valence electrons. The van der Waals surface area contributed by atoms with Gasteiger partial charge in [0.2, 0.25) is 0 Å². The SMILES string of the molecule is CCNC(=NCc1ccccc1CN(C)C)NCCCOCC1CC1.I. The third-order valence-corrected chi connectivity index (χ3v) is 4.17. The lowest BCUT2D eigenvalue weighted by Crippen LogP contribution is -2.38. The Morgan fingerprint density at radius 1 is 1.19 bits per heavy atom. The normalized spacial score (nSPS) is 14.2. The lowest BCUT2D eigenvalue weighted by Gasteiger charge is -2.14. The molecule has 2 N–H and O–H groups in total. The van der Waals surface area contributed by atoms with E-state index in [1.165, 1.54) is 24.0 Å². The monoisotopic (exact) mass is 474 g/mol. The number of halogens is 1. The van der Waals surface area contributed by atoms with Gasteiger partial charge in [0.1, 0.15) is 0 Å². The number of guanidine groups is 1. The van der Waals surface area contributed by atoms with E-state index in [-0.39, 0.29) is 24.0 Å². The van der Waals surface area contributed by atoms with Crippen LogP contribution in [0.2, 0.25) is 0 Å². The fourth-order valence-electron chi connectivity index (χ4n) is 2.63. The fourth-order valence-corrected chi connectivity index (χ4v) is 2.63. The van der Waals surface area contributed by atoms with E-state index in [0.717, 1.165) is 51.1 Å². The number of ether oxygens (including phenoxy) is 1. The van der Waals surface area contributed by atoms with Gasteiger partial charge in [0, 0.05) is 32.8 Å². The maximum atomic E-state index is 5.68. The molecule has 1 aromatic rings. The molecule has 5 nitrogen and oxygen atoms in total. The van der Waals surface area contributed by atoms with Crippen molar-refractivity contribution >= 4 is 29.9 Å². The predicted octanol–water partition coefficient (Wildman–Crippen LogP) is 3.24. The number of rotatable bonds is 11. The minimum Gasteiger partial charge on any atom is -0.381 e. The molecule has 0 unspecified atom stereocenters. The molecule has 0 saturated heterocycles. The van der Waals surface area contributed by atoms with Crippen LogP contribution in [-0.4, -0.2) is 51.3 Å². The van der Waals surface area contributed by atoms with Crippen LogP contribution in [0.15, 0.2) is 29.3 Å². The van der Waals surface area contributed by atoms with Crippen LogP contribution >= 0.6 is 24.0 Å². The minimum atomic E-state index is 0. The number of hydrogen-bond acceptors (Lipinski definition) is 3. The lowest BCUT2D eigenvalue weighted by atomic mass is 10.1. The summed E-state index contributed by atoms with van der Waals surface area (Å²) in [7, 11) is 4.19. The van der Waals surface area contributed by atoms with Gasteiger partial charge in [-0.2, -0.15) is 0 Å². The fraction of sp³-hybridized carbons (Fsp3) is 0.650. The van der Waals surface area contributed by atoms with Crippen molar-refractivity contribution < 1.29 is 4.74 Å². The summed E-state index contributed by atoms with van der Waals surface area (Å²) in [5.41, 5.74) is 2.61. The first-order valence-corrected chi connectivity index (χ1v) is 9.50. The van der Waals surface area contributed by atoms with Crippen molar-refractivity contribution in [3.05, 3.63) is 35.4 Å². The largest absolute Gasteiger partial charge is 0.381 e. The highest BCUT2D eigenvalue weighted by atomic mass is 127. The highest BCUT2D eigenvalue weighted by Gasteiger charge is 2.20. The first-order valence-electron chi connectivity index (χ1n) is 9.50. The average Bonchev–Trinajstić information content (AvgIpc) is 3.40. The predicted molar refractivity (Wildman–Crippen MR) is 120 cm³/mol. The molecule has 1 aromatic carbocycles. The van der Waals surface area contributed by atoms with E-state index in [1.807, 2.05) is 0 Å². The van der Waals surface area contributed by atoms with Crippen molar-refractivity contribution in [2.24, 2.45) is 10.9 Å². The molecule has 1 aliphatic rings. The van der Waals surface area contributed by atoms with Gasteiger partial charge >= 0.3 is 0 Å². The molecule has 2 rings (SSSR count). The van der Waals surface area contributed by atoms with E-state index in [9.17, 15) is 0 Å². The van der Waals surface area contributed by atoms with Crippen molar-refractivity contribution in [3.63, 3.8) is 0 Å². The third-order valence-electron chi connectivity index (χ3n) is 4.17. The number of aliphatic imine (C=N–C) groups is 1. The molecule has 26 heavy (non-hydrogen) atoms. The van der Waals surface area contributed by atoms with E-state index >= 15 is 0 Å². The smallest absolute Gasteiger partial charge is 0.191 e. The number of hydrogen-bond donors (Lipinski definition) is 2. The quantitative estimate of drug-likeness (QED) is 0.224. The van der Waals surface area contributed by atoms with Crippen LogP contribution in [0.4, 0.5) is 0 Å². The second kappa shape index (κ2) is 13.3. The van der Waals surface area contributed by atoms with E-state index in [4.69, 9.17) is 9.73 Å². The molecule has 0 amide bonds. The summed E-state index contributed by atoms with van der Waals surface area (Å²) in [5.74, 6) is 1.72. The Bertz CT molecular complexity index is 532. The molecule has 0 aromatic heterocycles. The molecule has 0 atom stereocenters. The van der Waals surface area contributed by atoms with Crippen molar-refractivity contribution in [2.75, 3.05) is 40.4 Å². The van der Waals surface area contributed by atoms with Crippen LogP contribution in [0.1, 0.15) is 37.3 Å². The zero-order valence-electron chi connectivity index (χ0n) is 16.5. The Morgan fingerprint density at radius 2 is 1.92 bits per heavy atom. The lowest BCUT2D eigenvalue weighted by molar-refractivity contribution is 0.123. The van der Waals surface area contributed by atoms with Crippen LogP contribution in [0.3, 0.4) is 0 Å². The zero-order chi connectivity index (χ0) is 17.9. The van der Waals surface area contributed by atoms with Gasteiger partial charge in [-0.3, -0.25) is 0 Å². The minimum absolute atomic E-state index is 0. The van der Waals surface area contributed by atoms with Crippen LogP contribution in [0.25, 0.3) is 0 Å². The molecule has 0 spiro atoms. The molecule has 1 saturated carbocycles. The maximum Gasteiger partial charge on any atom is 0.191 e. The Morgan fingerprint density at radius 3 is 2.58 bits per heavy atom. The average molecular weight is 474 g/mol. The Kier molecular flexibility index (Phi) is 11.9. The number of benzene rings is 1. The molecule has 0 bridgehead atoms. The van der Waals surface area contributed by atoms with E-state index in [1.54, 1.807) is 0 Å². The second-order valence-corrected chi connectivity index (χ2v) is 7.00. The van der Waals surface area contributed by atoms with Gasteiger partial charge in [0.15, 0.2) is 5.96 Å². The van der Waals surface area contributed by atoms with Gasteiger partial charge in [0.05, 0.1) is 6.54 Å². The molecule has 6 heteroatoms. The van der Waals surface area contributed by atoms with Gasteiger partial charge in [-0.05, 0) is 57.3 Å². The van der Waals surface area contributed by atoms with Crippen molar-refractivity contribution in [1.29, 1.82) is 0 Å². The topological polar surface area (TPSA) is 48.9 Å². The molecule has 0 aliphatic heterocycles. The van der Waals surface area contributed by atoms with Gasteiger partial charge in [-0.25, -0.2) is 4.99 Å². The van der Waals surface area contributed by atoms with Crippen molar-refractivity contribution in [1.82, 2.24) is 15.5 Å². The summed E-state index contributed by atoms with van der Waals surface area (Å²) >= 11 is 0. The summed E-state index contributed by atoms with van der Waals surface area (Å²) in [6, 6.07) is 8.53. The molecule has 1 fully saturated rings. The Balaban J connectivity index is 0.00000338. The summed E-state index contributed by atoms with van der Waals surface area (Å²) < 4.78 is 5.68. The van der Waals surface area contributed by atoms with Crippen LogP contribution in [-0.2, 0) is 17.8 Å².